The molecular formula is C16H18N2O3. The highest BCUT2D eigenvalue weighted by Gasteiger charge is 2.64. The van der Waals surface area contributed by atoms with Crippen molar-refractivity contribution in [2.75, 3.05) is 0 Å². The van der Waals surface area contributed by atoms with Gasteiger partial charge >= 0.3 is 0 Å². The number of hydrogen-bond donors (Lipinski definition) is 0. The minimum atomic E-state index is -0.441. The first-order valence-corrected chi connectivity index (χ1v) is 7.15. The van der Waals surface area contributed by atoms with E-state index in [1.165, 1.54) is 12.1 Å². The normalized spacial score (nSPS) is 31.9. The summed E-state index contributed by atoms with van der Waals surface area (Å²) in [5, 5.41) is 10.7. The summed E-state index contributed by atoms with van der Waals surface area (Å²) < 4.78 is 0. The maximum Gasteiger partial charge on any atom is 0.269 e. The van der Waals surface area contributed by atoms with Crippen LogP contribution >= 0.6 is 0 Å². The fraction of sp³-hybridized carbons (Fsp3) is 0.500. The second-order valence-corrected chi connectivity index (χ2v) is 6.74. The summed E-state index contributed by atoms with van der Waals surface area (Å²) in [7, 11) is 0. The second kappa shape index (κ2) is 4.23. The zero-order valence-electron chi connectivity index (χ0n) is 12.4. The molecule has 2 atom stereocenters. The van der Waals surface area contributed by atoms with Gasteiger partial charge in [0.05, 0.1) is 16.3 Å². The molecular weight excluding hydrogens is 268 g/mol. The summed E-state index contributed by atoms with van der Waals surface area (Å²) in [6, 6.07) is 6.04. The van der Waals surface area contributed by atoms with E-state index in [1.807, 2.05) is 6.92 Å². The Kier molecular flexibility index (Phi) is 2.80. The highest BCUT2D eigenvalue weighted by atomic mass is 16.6. The highest BCUT2D eigenvalue weighted by Crippen LogP contribution is 2.62. The van der Waals surface area contributed by atoms with Gasteiger partial charge in [-0.1, -0.05) is 20.8 Å². The van der Waals surface area contributed by atoms with Crippen molar-refractivity contribution in [2.45, 2.75) is 33.6 Å². The maximum absolute atomic E-state index is 12.6. The molecule has 2 aliphatic rings. The van der Waals surface area contributed by atoms with Crippen LogP contribution in [0, 0.1) is 26.9 Å². The van der Waals surface area contributed by atoms with Gasteiger partial charge in [-0.15, -0.1) is 0 Å². The van der Waals surface area contributed by atoms with E-state index in [1.54, 1.807) is 12.1 Å². The van der Waals surface area contributed by atoms with Gasteiger partial charge < -0.3 is 0 Å². The Labute approximate surface area is 123 Å². The zero-order chi connectivity index (χ0) is 15.4. The first-order chi connectivity index (χ1) is 9.77. The number of nitro groups is 1. The van der Waals surface area contributed by atoms with E-state index in [-0.39, 0.29) is 28.2 Å². The number of hydrogen-bond acceptors (Lipinski definition) is 4. The topological polar surface area (TPSA) is 72.6 Å². The number of ketones is 1. The zero-order valence-corrected chi connectivity index (χ0v) is 12.4. The lowest BCUT2D eigenvalue weighted by molar-refractivity contribution is -0.384. The number of aliphatic imine (C=N–C) groups is 1. The fourth-order valence-corrected chi connectivity index (χ4v) is 3.74. The van der Waals surface area contributed by atoms with Gasteiger partial charge in [0, 0.05) is 23.5 Å². The molecule has 0 radical (unpaired) electrons. The summed E-state index contributed by atoms with van der Waals surface area (Å²) in [5.41, 5.74) is 0.894. The lowest BCUT2D eigenvalue weighted by Gasteiger charge is -2.31. The third kappa shape index (κ3) is 1.76. The predicted octanol–water partition coefficient (Wildman–Crippen LogP) is 3.69. The summed E-state index contributed by atoms with van der Waals surface area (Å²) in [6.45, 7) is 6.32. The highest BCUT2D eigenvalue weighted by molar-refractivity contribution is 6.46. The first kappa shape index (κ1) is 13.9. The third-order valence-electron chi connectivity index (χ3n) is 5.60. The van der Waals surface area contributed by atoms with Crippen molar-refractivity contribution in [1.82, 2.24) is 0 Å². The van der Waals surface area contributed by atoms with Crippen molar-refractivity contribution in [3.8, 4) is 0 Å². The summed E-state index contributed by atoms with van der Waals surface area (Å²) in [6.07, 6.45) is 1.91. The molecule has 2 fully saturated rings. The lowest BCUT2D eigenvalue weighted by atomic mass is 9.70. The van der Waals surface area contributed by atoms with E-state index in [0.29, 0.717) is 11.4 Å². The van der Waals surface area contributed by atoms with Crippen LogP contribution in [0.5, 0.6) is 0 Å². The van der Waals surface area contributed by atoms with Crippen LogP contribution in [0.2, 0.25) is 0 Å². The molecule has 1 aromatic rings. The van der Waals surface area contributed by atoms with E-state index in [0.717, 1.165) is 12.8 Å². The minimum Gasteiger partial charge on any atom is -0.292 e. The van der Waals surface area contributed by atoms with Crippen LogP contribution < -0.4 is 0 Å². The van der Waals surface area contributed by atoms with Crippen LogP contribution in [0.15, 0.2) is 29.3 Å². The molecule has 3 rings (SSSR count). The van der Waals surface area contributed by atoms with Crippen molar-refractivity contribution >= 4 is 22.9 Å². The predicted molar refractivity (Wildman–Crippen MR) is 79.8 cm³/mol. The van der Waals surface area contributed by atoms with E-state index < -0.39 is 4.92 Å². The molecule has 0 aromatic heterocycles. The van der Waals surface area contributed by atoms with Crippen LogP contribution in [0.1, 0.15) is 33.6 Å². The summed E-state index contributed by atoms with van der Waals surface area (Å²) >= 11 is 0. The van der Waals surface area contributed by atoms with Crippen molar-refractivity contribution in [3.63, 3.8) is 0 Å². The largest absolute Gasteiger partial charge is 0.292 e. The summed E-state index contributed by atoms with van der Waals surface area (Å²) in [5.74, 6) is 0.326. The molecule has 0 N–H and O–H groups in total. The Bertz CT molecular complexity index is 661. The number of rotatable bonds is 2. The van der Waals surface area contributed by atoms with Gasteiger partial charge in [0.15, 0.2) is 5.78 Å². The Morgan fingerprint density at radius 2 is 1.86 bits per heavy atom. The number of fused-ring (bicyclic) bond motifs is 2. The molecule has 0 aliphatic heterocycles. The number of nitro benzene ring substituents is 1. The van der Waals surface area contributed by atoms with Crippen molar-refractivity contribution in [2.24, 2.45) is 21.7 Å². The standard InChI is InChI=1S/C16H18N2O3/c1-15(2)12-8-9-16(15,3)14(19)13(12)17-10-4-6-11(7-5-10)18(20)21/h4-7,12H,8-9H2,1-3H3/t12-,16+/m1/s1. The third-order valence-corrected chi connectivity index (χ3v) is 5.60. The van der Waals surface area contributed by atoms with Gasteiger partial charge in [-0.2, -0.15) is 0 Å². The molecule has 0 spiro atoms. The average molecular weight is 286 g/mol. The molecule has 5 nitrogen and oxygen atoms in total. The number of nitrogens with zero attached hydrogens (tertiary/aromatic N) is 2. The first-order valence-electron chi connectivity index (χ1n) is 7.15. The molecule has 2 saturated carbocycles. The van der Waals surface area contributed by atoms with Gasteiger partial charge in [-0.3, -0.25) is 14.9 Å². The molecule has 0 unspecified atom stereocenters. The molecule has 21 heavy (non-hydrogen) atoms. The van der Waals surface area contributed by atoms with Crippen molar-refractivity contribution in [1.29, 1.82) is 0 Å². The van der Waals surface area contributed by atoms with Gasteiger partial charge in [0.1, 0.15) is 0 Å². The molecule has 0 heterocycles. The lowest BCUT2D eigenvalue weighted by Crippen LogP contribution is -2.33. The van der Waals surface area contributed by atoms with E-state index in [4.69, 9.17) is 0 Å². The number of Topliss-reactive ketones (excluding diaryl/α,β-unsaturated/α-hetero) is 1. The van der Waals surface area contributed by atoms with Gasteiger partial charge in [0.2, 0.25) is 0 Å². The van der Waals surface area contributed by atoms with Crippen LogP contribution in [0.25, 0.3) is 0 Å². The minimum absolute atomic E-state index is 0.0329. The Morgan fingerprint density at radius 3 is 2.33 bits per heavy atom. The van der Waals surface area contributed by atoms with E-state index in [9.17, 15) is 14.9 Å². The second-order valence-electron chi connectivity index (χ2n) is 6.74. The quantitative estimate of drug-likeness (QED) is 0.614. The molecule has 0 saturated heterocycles. The SMILES string of the molecule is CC1(C)[C@@H]2CC[C@@]1(C)C(=O)C2=Nc1ccc([N+](=O)[O-])cc1. The van der Waals surface area contributed by atoms with Gasteiger partial charge in [-0.25, -0.2) is 4.99 Å². The molecule has 0 amide bonds. The van der Waals surface area contributed by atoms with Crippen LogP contribution in [0.3, 0.4) is 0 Å². The summed E-state index contributed by atoms with van der Waals surface area (Å²) in [4.78, 5) is 27.4. The van der Waals surface area contributed by atoms with Crippen LogP contribution in [-0.2, 0) is 4.79 Å². The molecule has 2 aliphatic carbocycles. The van der Waals surface area contributed by atoms with E-state index in [2.05, 4.69) is 18.8 Å². The number of benzene rings is 1. The van der Waals surface area contributed by atoms with Crippen molar-refractivity contribution < 1.29 is 9.72 Å². The Morgan fingerprint density at radius 1 is 1.24 bits per heavy atom. The molecule has 5 heteroatoms. The van der Waals surface area contributed by atoms with E-state index >= 15 is 0 Å². The number of non-ortho nitro benzene ring substituents is 1. The van der Waals surface area contributed by atoms with Gasteiger partial charge in [0.25, 0.3) is 5.69 Å². The Hall–Kier alpha value is -2.04. The maximum atomic E-state index is 12.6. The van der Waals surface area contributed by atoms with Crippen LogP contribution in [0.4, 0.5) is 11.4 Å². The fourth-order valence-electron chi connectivity index (χ4n) is 3.74. The molecule has 110 valence electrons. The Balaban J connectivity index is 1.98. The molecule has 1 aromatic carbocycles. The van der Waals surface area contributed by atoms with Crippen LogP contribution in [-0.4, -0.2) is 16.4 Å². The average Bonchev–Trinajstić information content (AvgIpc) is 2.74. The van der Waals surface area contributed by atoms with Gasteiger partial charge in [-0.05, 0) is 30.4 Å². The monoisotopic (exact) mass is 286 g/mol. The molecule has 2 bridgehead atoms. The van der Waals surface area contributed by atoms with Crippen molar-refractivity contribution in [3.05, 3.63) is 34.4 Å². The number of carbonyl (C=O) groups excluding carboxylic acids is 1. The number of carbonyl (C=O) groups is 1. The smallest absolute Gasteiger partial charge is 0.269 e.